The SMILES string of the molecule is c1ccc(-c2ccccc2N(c2ccc(-c3ccc4c(ccc5ccc6ccccc6c54)c3)cc2)c2ccc3ccccc3c2)cc1. The van der Waals surface area contributed by atoms with Crippen molar-refractivity contribution in [2.24, 2.45) is 0 Å². The Balaban J connectivity index is 1.16. The van der Waals surface area contributed by atoms with E-state index < -0.39 is 0 Å². The van der Waals surface area contributed by atoms with Gasteiger partial charge in [-0.2, -0.15) is 0 Å². The molecule has 47 heavy (non-hydrogen) atoms. The third-order valence-corrected chi connectivity index (χ3v) is 9.40. The summed E-state index contributed by atoms with van der Waals surface area (Å²) in [7, 11) is 0. The molecule has 0 aliphatic carbocycles. The summed E-state index contributed by atoms with van der Waals surface area (Å²) in [5, 5.41) is 10.2. The van der Waals surface area contributed by atoms with Crippen LogP contribution in [0.2, 0.25) is 0 Å². The molecule has 0 N–H and O–H groups in total. The van der Waals surface area contributed by atoms with Gasteiger partial charge < -0.3 is 4.90 Å². The molecule has 0 amide bonds. The number of rotatable bonds is 5. The topological polar surface area (TPSA) is 3.24 Å². The fourth-order valence-corrected chi connectivity index (χ4v) is 7.09. The Morgan fingerprint density at radius 2 is 0.894 bits per heavy atom. The third kappa shape index (κ3) is 4.81. The summed E-state index contributed by atoms with van der Waals surface area (Å²) in [5.74, 6) is 0. The van der Waals surface area contributed by atoms with Gasteiger partial charge in [0.05, 0.1) is 5.69 Å². The Labute approximate surface area is 274 Å². The van der Waals surface area contributed by atoms with Gasteiger partial charge in [0, 0.05) is 16.9 Å². The molecule has 220 valence electrons. The molecule has 0 heterocycles. The summed E-state index contributed by atoms with van der Waals surface area (Å²) in [6.07, 6.45) is 0. The van der Waals surface area contributed by atoms with Crippen molar-refractivity contribution in [1.82, 2.24) is 0 Å². The lowest BCUT2D eigenvalue weighted by Crippen LogP contribution is -2.11. The van der Waals surface area contributed by atoms with Crippen molar-refractivity contribution in [3.8, 4) is 22.3 Å². The van der Waals surface area contributed by atoms with E-state index in [9.17, 15) is 0 Å². The fraction of sp³-hybridized carbons (Fsp3) is 0. The molecule has 0 bridgehead atoms. The highest BCUT2D eigenvalue weighted by Gasteiger charge is 2.18. The second-order valence-electron chi connectivity index (χ2n) is 12.2. The number of hydrogen-bond acceptors (Lipinski definition) is 1. The van der Waals surface area contributed by atoms with Crippen LogP contribution < -0.4 is 4.90 Å². The van der Waals surface area contributed by atoms with Crippen molar-refractivity contribution in [2.45, 2.75) is 0 Å². The van der Waals surface area contributed by atoms with Crippen LogP contribution in [0.5, 0.6) is 0 Å². The second kappa shape index (κ2) is 11.3. The molecule has 1 nitrogen and oxygen atoms in total. The van der Waals surface area contributed by atoms with E-state index in [0.29, 0.717) is 0 Å². The van der Waals surface area contributed by atoms with E-state index in [0.717, 1.165) is 17.1 Å². The Morgan fingerprint density at radius 3 is 1.74 bits per heavy atom. The smallest absolute Gasteiger partial charge is 0.0540 e. The molecular weight excluding hydrogens is 567 g/mol. The van der Waals surface area contributed by atoms with E-state index in [2.05, 4.69) is 193 Å². The van der Waals surface area contributed by atoms with E-state index in [1.54, 1.807) is 0 Å². The van der Waals surface area contributed by atoms with Crippen molar-refractivity contribution >= 4 is 60.2 Å². The molecule has 9 aromatic carbocycles. The molecule has 0 saturated heterocycles. The zero-order chi connectivity index (χ0) is 31.2. The predicted octanol–water partition coefficient (Wildman–Crippen LogP) is 13.1. The largest absolute Gasteiger partial charge is 0.310 e. The zero-order valence-corrected chi connectivity index (χ0v) is 25.8. The Kier molecular flexibility index (Phi) is 6.54. The highest BCUT2D eigenvalue weighted by atomic mass is 15.1. The summed E-state index contributed by atoms with van der Waals surface area (Å²) < 4.78 is 0. The molecule has 0 radical (unpaired) electrons. The van der Waals surface area contributed by atoms with E-state index >= 15 is 0 Å². The number of benzene rings is 9. The standard InChI is InChI=1S/C46H31N/c1-2-11-34(12-3-1)42-15-8-9-17-45(42)47(41-28-24-32-10-4-5-14-37(32)31-41)40-26-22-33(23-27-40)38-25-29-44-39(30-38)21-20-36-19-18-35-13-6-7-16-43(35)46(36)44/h1-31H. The lowest BCUT2D eigenvalue weighted by molar-refractivity contribution is 1.29. The van der Waals surface area contributed by atoms with Gasteiger partial charge in [0.2, 0.25) is 0 Å². The monoisotopic (exact) mass is 597 g/mol. The van der Waals surface area contributed by atoms with Gasteiger partial charge in [0.1, 0.15) is 0 Å². The highest BCUT2D eigenvalue weighted by molar-refractivity contribution is 6.20. The summed E-state index contributed by atoms with van der Waals surface area (Å²) >= 11 is 0. The van der Waals surface area contributed by atoms with Crippen LogP contribution in [0.25, 0.3) is 65.3 Å². The Morgan fingerprint density at radius 1 is 0.298 bits per heavy atom. The molecule has 1 heteroatoms. The average molecular weight is 598 g/mol. The predicted molar refractivity (Wildman–Crippen MR) is 202 cm³/mol. The molecule has 0 aliphatic rings. The molecule has 0 fully saturated rings. The number of anilines is 3. The van der Waals surface area contributed by atoms with Gasteiger partial charge in [0.25, 0.3) is 0 Å². The lowest BCUT2D eigenvalue weighted by atomic mass is 9.94. The minimum absolute atomic E-state index is 1.12. The van der Waals surface area contributed by atoms with Gasteiger partial charge in [-0.1, -0.05) is 152 Å². The Hall–Kier alpha value is -6.18. The maximum Gasteiger partial charge on any atom is 0.0540 e. The van der Waals surface area contributed by atoms with Gasteiger partial charge in [-0.15, -0.1) is 0 Å². The number of nitrogens with zero attached hydrogens (tertiary/aromatic N) is 1. The van der Waals surface area contributed by atoms with Crippen molar-refractivity contribution in [3.63, 3.8) is 0 Å². The number of hydrogen-bond donors (Lipinski definition) is 0. The van der Waals surface area contributed by atoms with Crippen molar-refractivity contribution < 1.29 is 0 Å². The van der Waals surface area contributed by atoms with Crippen molar-refractivity contribution in [1.29, 1.82) is 0 Å². The van der Waals surface area contributed by atoms with E-state index in [4.69, 9.17) is 0 Å². The summed E-state index contributed by atoms with van der Waals surface area (Å²) in [6, 6.07) is 68.2. The first-order valence-corrected chi connectivity index (χ1v) is 16.2. The summed E-state index contributed by atoms with van der Waals surface area (Å²) in [6.45, 7) is 0. The average Bonchev–Trinajstić information content (AvgIpc) is 3.15. The van der Waals surface area contributed by atoms with Crippen molar-refractivity contribution in [2.75, 3.05) is 4.90 Å². The fourth-order valence-electron chi connectivity index (χ4n) is 7.09. The van der Waals surface area contributed by atoms with Crippen LogP contribution in [0.3, 0.4) is 0 Å². The van der Waals surface area contributed by atoms with Gasteiger partial charge in [0.15, 0.2) is 0 Å². The number of fused-ring (bicyclic) bond motifs is 6. The molecule has 9 rings (SSSR count). The summed E-state index contributed by atoms with van der Waals surface area (Å²) in [5.41, 5.74) is 8.19. The maximum atomic E-state index is 2.39. The normalized spacial score (nSPS) is 11.4. The second-order valence-corrected chi connectivity index (χ2v) is 12.2. The van der Waals surface area contributed by atoms with Crippen LogP contribution in [-0.2, 0) is 0 Å². The van der Waals surface area contributed by atoms with E-state index in [1.807, 2.05) is 0 Å². The molecule has 0 aromatic heterocycles. The minimum atomic E-state index is 1.12. The molecular formula is C46H31N. The Bertz CT molecular complexity index is 2560. The van der Waals surface area contributed by atoms with Gasteiger partial charge in [-0.25, -0.2) is 0 Å². The molecule has 0 saturated carbocycles. The van der Waals surface area contributed by atoms with Gasteiger partial charge >= 0.3 is 0 Å². The van der Waals surface area contributed by atoms with Crippen molar-refractivity contribution in [3.05, 3.63) is 188 Å². The molecule has 9 aromatic rings. The van der Waals surface area contributed by atoms with E-state index in [-0.39, 0.29) is 0 Å². The first kappa shape index (κ1) is 27.2. The molecule has 0 unspecified atom stereocenters. The van der Waals surface area contributed by atoms with Gasteiger partial charge in [-0.05, 0) is 96.2 Å². The van der Waals surface area contributed by atoms with E-state index in [1.165, 1.54) is 65.3 Å². The van der Waals surface area contributed by atoms with Gasteiger partial charge in [-0.3, -0.25) is 0 Å². The zero-order valence-electron chi connectivity index (χ0n) is 25.8. The number of para-hydroxylation sites is 1. The quantitative estimate of drug-likeness (QED) is 0.178. The van der Waals surface area contributed by atoms with Crippen LogP contribution in [0, 0.1) is 0 Å². The summed E-state index contributed by atoms with van der Waals surface area (Å²) in [4.78, 5) is 2.39. The van der Waals surface area contributed by atoms with Crippen LogP contribution in [0.4, 0.5) is 17.1 Å². The van der Waals surface area contributed by atoms with Crippen LogP contribution >= 0.6 is 0 Å². The third-order valence-electron chi connectivity index (χ3n) is 9.40. The highest BCUT2D eigenvalue weighted by Crippen LogP contribution is 2.42. The first-order chi connectivity index (χ1) is 23.3. The van der Waals surface area contributed by atoms with Crippen LogP contribution in [0.15, 0.2) is 188 Å². The maximum absolute atomic E-state index is 2.39. The minimum Gasteiger partial charge on any atom is -0.310 e. The van der Waals surface area contributed by atoms with Crippen LogP contribution in [0.1, 0.15) is 0 Å². The van der Waals surface area contributed by atoms with Crippen LogP contribution in [-0.4, -0.2) is 0 Å². The molecule has 0 atom stereocenters. The molecule has 0 aliphatic heterocycles. The first-order valence-electron chi connectivity index (χ1n) is 16.2. The lowest BCUT2D eigenvalue weighted by Gasteiger charge is -2.28. The molecule has 0 spiro atoms.